The van der Waals surface area contributed by atoms with Crippen LogP contribution in [-0.4, -0.2) is 50.7 Å². The molecule has 1 aromatic rings. The highest BCUT2D eigenvalue weighted by Gasteiger charge is 2.44. The van der Waals surface area contributed by atoms with E-state index < -0.39 is 36.9 Å². The van der Waals surface area contributed by atoms with Crippen molar-refractivity contribution in [1.29, 1.82) is 0 Å². The zero-order chi connectivity index (χ0) is 22.8. The van der Waals surface area contributed by atoms with Crippen molar-refractivity contribution in [2.24, 2.45) is 0 Å². The van der Waals surface area contributed by atoms with Crippen LogP contribution in [-0.2, 0) is 14.3 Å². The Balaban J connectivity index is 1.71. The number of hydrogen-bond donors (Lipinski definition) is 3. The van der Waals surface area contributed by atoms with Crippen molar-refractivity contribution >= 4 is 24.0 Å². The molecule has 0 amide bonds. The number of ether oxygens (including phenoxy) is 2. The maximum Gasteiger partial charge on any atom is 0.305 e. The van der Waals surface area contributed by atoms with Gasteiger partial charge in [0.05, 0.1) is 0 Å². The highest BCUT2D eigenvalue weighted by atomic mass is 32.1. The summed E-state index contributed by atoms with van der Waals surface area (Å²) >= 11 is 5.12. The molecule has 0 spiro atoms. The molecule has 2 rings (SSSR count). The Morgan fingerprint density at radius 1 is 1.27 bits per heavy atom. The number of aliphatic hydroxyl groups excluding tert-OH is 2. The Morgan fingerprint density at radius 2 is 1.93 bits per heavy atom. The summed E-state index contributed by atoms with van der Waals surface area (Å²) in [5, 5.41) is 20.6. The molecule has 170 valence electrons. The third-order valence-corrected chi connectivity index (χ3v) is 5.50. The summed E-state index contributed by atoms with van der Waals surface area (Å²) in [6, 6.07) is 1.51. The summed E-state index contributed by atoms with van der Waals surface area (Å²) in [4.78, 5) is 16.0. The Bertz CT molecular complexity index is 750. The molecule has 1 aromatic heterocycles. The van der Waals surface area contributed by atoms with Crippen LogP contribution < -0.4 is 5.73 Å². The van der Waals surface area contributed by atoms with Gasteiger partial charge in [-0.3, -0.25) is 9.36 Å². The van der Waals surface area contributed by atoms with Crippen molar-refractivity contribution < 1.29 is 25.9 Å². The van der Waals surface area contributed by atoms with Crippen molar-refractivity contribution in [3.05, 3.63) is 17.0 Å². The predicted octanol–water partition coefficient (Wildman–Crippen LogP) is 3.28. The van der Waals surface area contributed by atoms with Crippen LogP contribution >= 0.6 is 12.2 Å². The molecule has 0 aromatic carbocycles. The molecule has 1 aliphatic rings. The average molecular weight is 443 g/mol. The van der Waals surface area contributed by atoms with Gasteiger partial charge in [-0.25, -0.2) is 4.98 Å². The molecule has 4 N–H and O–H groups in total. The molecule has 8 nitrogen and oxygen atoms in total. The number of hydrogen-bond acceptors (Lipinski definition) is 8. The lowest BCUT2D eigenvalue weighted by Gasteiger charge is -2.18. The summed E-state index contributed by atoms with van der Waals surface area (Å²) in [6.07, 6.45) is 5.47. The summed E-state index contributed by atoms with van der Waals surface area (Å²) in [5.74, 6) is -0.274. The Labute approximate surface area is 184 Å². The van der Waals surface area contributed by atoms with E-state index in [4.69, 9.17) is 28.8 Å². The Morgan fingerprint density at radius 3 is 2.60 bits per heavy atom. The van der Waals surface area contributed by atoms with Crippen molar-refractivity contribution in [1.82, 2.24) is 9.55 Å². The molecule has 0 bridgehead atoms. The van der Waals surface area contributed by atoms with Gasteiger partial charge in [-0.1, -0.05) is 58.3 Å². The first-order valence-corrected chi connectivity index (χ1v) is 11.2. The molecule has 9 heteroatoms. The van der Waals surface area contributed by atoms with E-state index in [0.717, 1.165) is 12.8 Å². The average Bonchev–Trinajstić information content (AvgIpc) is 3.00. The minimum Gasteiger partial charge on any atom is -0.463 e. The molecule has 0 aliphatic carbocycles. The van der Waals surface area contributed by atoms with Crippen LogP contribution in [0.4, 0.5) is 5.82 Å². The zero-order valence-corrected chi connectivity index (χ0v) is 18.4. The van der Waals surface area contributed by atoms with Gasteiger partial charge in [0.2, 0.25) is 4.77 Å². The first-order chi connectivity index (χ1) is 14.8. The third kappa shape index (κ3) is 7.61. The molecule has 2 unspecified atom stereocenters. The molecule has 1 aliphatic heterocycles. The highest BCUT2D eigenvalue weighted by Crippen LogP contribution is 2.30. The number of nitrogens with two attached hydrogens (primary N) is 1. The first kappa shape index (κ1) is 23.1. The van der Waals surface area contributed by atoms with Crippen LogP contribution in [0.15, 0.2) is 12.3 Å². The van der Waals surface area contributed by atoms with Crippen LogP contribution in [0.1, 0.15) is 78.7 Å². The minimum atomic E-state index is -1.26. The maximum absolute atomic E-state index is 12.1. The topological polar surface area (TPSA) is 120 Å². The Kier molecular flexibility index (Phi) is 10.0. The molecule has 1 fully saturated rings. The number of aliphatic hydroxyl groups is 2. The van der Waals surface area contributed by atoms with Crippen LogP contribution in [0.5, 0.6) is 0 Å². The molecule has 0 radical (unpaired) electrons. The predicted molar refractivity (Wildman–Crippen MR) is 116 cm³/mol. The summed E-state index contributed by atoms with van der Waals surface area (Å²) in [6.45, 7) is 1.98. The fraction of sp³-hybridized carbons (Fsp3) is 0.762. The lowest BCUT2D eigenvalue weighted by molar-refractivity contribution is -0.150. The van der Waals surface area contributed by atoms with E-state index in [1.807, 2.05) is 0 Å². The van der Waals surface area contributed by atoms with Crippen molar-refractivity contribution in [2.45, 2.75) is 95.6 Å². The standard InChI is InChI=1S/C21H35N3O5S/c1-2-3-4-5-6-7-8-9-10-11-17(25)28-14-15-18(26)19(27)20(29-15)24-13-12-16(22)23-21(24)30/h12-13,15,18-20,26-27H,2-11,14H2,1H3,(H2,22,23,30)/t15-,18-,19+,20?/m1/s1/i10D/t10?,15-,18-,19+,20?. The molecule has 2 heterocycles. The molecular formula is C21H35N3O5S. The van der Waals surface area contributed by atoms with Gasteiger partial charge in [-0.15, -0.1) is 0 Å². The van der Waals surface area contributed by atoms with Gasteiger partial charge >= 0.3 is 5.97 Å². The van der Waals surface area contributed by atoms with E-state index in [2.05, 4.69) is 11.9 Å². The van der Waals surface area contributed by atoms with E-state index in [0.29, 0.717) is 6.42 Å². The first-order valence-electron chi connectivity index (χ1n) is 11.3. The number of nitrogen functional groups attached to an aromatic ring is 1. The lowest BCUT2D eigenvalue weighted by Crippen LogP contribution is -2.34. The van der Waals surface area contributed by atoms with Crippen LogP contribution in [0.3, 0.4) is 0 Å². The molecule has 5 atom stereocenters. The fourth-order valence-corrected chi connectivity index (χ4v) is 3.69. The largest absolute Gasteiger partial charge is 0.463 e. The molecule has 1 saturated heterocycles. The van der Waals surface area contributed by atoms with E-state index in [-0.39, 0.29) is 23.6 Å². The molecular weight excluding hydrogens is 406 g/mol. The summed E-state index contributed by atoms with van der Waals surface area (Å²) < 4.78 is 20.4. The number of aromatic nitrogens is 2. The third-order valence-electron chi connectivity index (χ3n) is 5.19. The monoisotopic (exact) mass is 442 g/mol. The van der Waals surface area contributed by atoms with E-state index in [1.165, 1.54) is 48.9 Å². The SMILES string of the molecule is [2H]C(CCCCCCCCC)CC(=O)OC[C@H]1OC(n2ccc(N)nc2=S)[C@@H](O)[C@@H]1O. The lowest BCUT2D eigenvalue weighted by atomic mass is 10.1. The summed E-state index contributed by atoms with van der Waals surface area (Å²) in [5.41, 5.74) is 5.58. The number of unbranched alkanes of at least 4 members (excludes halogenated alkanes) is 6. The highest BCUT2D eigenvalue weighted by molar-refractivity contribution is 7.71. The van der Waals surface area contributed by atoms with E-state index in [1.54, 1.807) is 0 Å². The Hall–Kier alpha value is -1.55. The van der Waals surface area contributed by atoms with Crippen LogP contribution in [0.25, 0.3) is 0 Å². The minimum absolute atomic E-state index is 0.00241. The normalized spacial score (nSPS) is 25.1. The number of esters is 1. The van der Waals surface area contributed by atoms with Crippen molar-refractivity contribution in [2.75, 3.05) is 12.3 Å². The fourth-order valence-electron chi connectivity index (χ4n) is 3.42. The number of anilines is 1. The number of rotatable bonds is 13. The second-order valence-electron chi connectivity index (χ2n) is 7.67. The smallest absolute Gasteiger partial charge is 0.305 e. The van der Waals surface area contributed by atoms with Gasteiger partial charge in [0.25, 0.3) is 0 Å². The number of carbonyl (C=O) groups excluding carboxylic acids is 1. The van der Waals surface area contributed by atoms with Crippen molar-refractivity contribution in [3.63, 3.8) is 0 Å². The zero-order valence-electron chi connectivity index (χ0n) is 18.6. The number of carbonyl (C=O) groups is 1. The van der Waals surface area contributed by atoms with Gasteiger partial charge in [0.1, 0.15) is 30.7 Å². The van der Waals surface area contributed by atoms with Crippen LogP contribution in [0, 0.1) is 4.77 Å². The van der Waals surface area contributed by atoms with Gasteiger partial charge in [0, 0.05) is 14.0 Å². The van der Waals surface area contributed by atoms with Crippen molar-refractivity contribution in [3.8, 4) is 0 Å². The van der Waals surface area contributed by atoms with E-state index in [9.17, 15) is 15.0 Å². The second-order valence-corrected chi connectivity index (χ2v) is 8.04. The van der Waals surface area contributed by atoms with Gasteiger partial charge in [0.15, 0.2) is 6.23 Å². The van der Waals surface area contributed by atoms with Gasteiger partial charge < -0.3 is 25.4 Å². The maximum atomic E-state index is 12.1. The quantitative estimate of drug-likeness (QED) is 0.242. The molecule has 30 heavy (non-hydrogen) atoms. The second kappa shape index (κ2) is 13.0. The number of nitrogens with zero attached hydrogens (tertiary/aromatic N) is 2. The van der Waals surface area contributed by atoms with Gasteiger partial charge in [-0.05, 0) is 24.7 Å². The van der Waals surface area contributed by atoms with Gasteiger partial charge in [-0.2, -0.15) is 0 Å². The van der Waals surface area contributed by atoms with Crippen LogP contribution in [0.2, 0.25) is 0 Å². The van der Waals surface area contributed by atoms with E-state index >= 15 is 0 Å². The molecule has 0 saturated carbocycles. The summed E-state index contributed by atoms with van der Waals surface area (Å²) in [7, 11) is 0.